The second kappa shape index (κ2) is 8.87. The third-order valence-corrected chi connectivity index (χ3v) is 7.77. The molecule has 2 aliphatic heterocycles. The fourth-order valence-electron chi connectivity index (χ4n) is 5.04. The summed E-state index contributed by atoms with van der Waals surface area (Å²) in [6, 6.07) is 6.67. The first-order valence-electron chi connectivity index (χ1n) is 11.5. The average molecular weight is 483 g/mol. The average Bonchev–Trinajstić information content (AvgIpc) is 3.37. The summed E-state index contributed by atoms with van der Waals surface area (Å²) in [5.41, 5.74) is 1.60. The van der Waals surface area contributed by atoms with E-state index in [1.165, 1.54) is 12.0 Å². The first-order chi connectivity index (χ1) is 16.4. The van der Waals surface area contributed by atoms with Gasteiger partial charge in [0.2, 0.25) is 0 Å². The van der Waals surface area contributed by atoms with Gasteiger partial charge in [-0.3, -0.25) is 14.5 Å². The highest BCUT2D eigenvalue weighted by Crippen LogP contribution is 2.49. The number of rotatable bonds is 5. The maximum atomic E-state index is 13.7. The summed E-state index contributed by atoms with van der Waals surface area (Å²) >= 11 is 1.08. The number of benzene rings is 1. The zero-order valence-corrected chi connectivity index (χ0v) is 20.1. The molecule has 0 N–H and O–H groups in total. The summed E-state index contributed by atoms with van der Waals surface area (Å²) in [6.45, 7) is 4.14. The maximum Gasteiger partial charge on any atom is 0.350 e. The molecule has 3 heterocycles. The van der Waals surface area contributed by atoms with Crippen molar-refractivity contribution < 1.29 is 28.6 Å². The van der Waals surface area contributed by atoms with Gasteiger partial charge in [0.1, 0.15) is 16.7 Å². The molecule has 1 aromatic carbocycles. The van der Waals surface area contributed by atoms with Gasteiger partial charge < -0.3 is 14.2 Å². The minimum atomic E-state index is -0.690. The second-order valence-electron chi connectivity index (χ2n) is 8.64. The van der Waals surface area contributed by atoms with Gasteiger partial charge in [-0.05, 0) is 50.8 Å². The second-order valence-corrected chi connectivity index (χ2v) is 9.61. The van der Waals surface area contributed by atoms with Gasteiger partial charge in [0, 0.05) is 0 Å². The third kappa shape index (κ3) is 3.58. The molecule has 1 amide bonds. The SMILES string of the molecule is CCOc1ccc(C2C3=C(OC4CCCCC4C3=O)C(=O)N2c2nc(C)c(C(=O)OC)s2)cc1. The van der Waals surface area contributed by atoms with E-state index in [1.807, 2.05) is 31.2 Å². The van der Waals surface area contributed by atoms with Crippen molar-refractivity contribution in [3.8, 4) is 5.75 Å². The lowest BCUT2D eigenvalue weighted by Crippen LogP contribution is -2.39. The maximum absolute atomic E-state index is 13.7. The number of nitrogens with zero attached hydrogens (tertiary/aromatic N) is 2. The van der Waals surface area contributed by atoms with Crippen LogP contribution in [-0.4, -0.2) is 42.5 Å². The quantitative estimate of drug-likeness (QED) is 0.591. The standard InChI is InChI=1S/C25H26N2O6S/c1-4-32-15-11-9-14(10-12-15)19-18-20(28)16-7-5-6-8-17(16)33-21(18)23(29)27(19)25-26-13(2)22(34-25)24(30)31-3/h9-12,16-17,19H,4-8H2,1-3H3. The van der Waals surface area contributed by atoms with Crippen LogP contribution in [0.15, 0.2) is 35.6 Å². The molecular weight excluding hydrogens is 456 g/mol. The number of anilines is 1. The minimum absolute atomic E-state index is 0.0258. The number of fused-ring (bicyclic) bond motifs is 1. The first-order valence-corrected chi connectivity index (χ1v) is 12.3. The number of hydrogen-bond donors (Lipinski definition) is 0. The summed E-state index contributed by atoms with van der Waals surface area (Å²) in [5, 5.41) is 0.329. The van der Waals surface area contributed by atoms with Crippen LogP contribution in [-0.2, 0) is 19.1 Å². The number of carbonyl (C=O) groups is 3. The van der Waals surface area contributed by atoms with Crippen LogP contribution in [0.3, 0.4) is 0 Å². The number of Topliss-reactive ketones (excluding diaryl/α,β-unsaturated/α-hetero) is 1. The fraction of sp³-hybridized carbons (Fsp3) is 0.440. The number of aromatic nitrogens is 1. The fourth-order valence-corrected chi connectivity index (χ4v) is 6.05. The summed E-state index contributed by atoms with van der Waals surface area (Å²) in [5.74, 6) is -0.373. The zero-order valence-electron chi connectivity index (χ0n) is 19.3. The number of amides is 1. The van der Waals surface area contributed by atoms with Gasteiger partial charge in [-0.25, -0.2) is 9.78 Å². The molecule has 5 rings (SSSR count). The predicted octanol–water partition coefficient (Wildman–Crippen LogP) is 4.14. The molecule has 0 radical (unpaired) electrons. The number of methoxy groups -OCH3 is 1. The zero-order chi connectivity index (χ0) is 24.0. The minimum Gasteiger partial charge on any atom is -0.494 e. The Hall–Kier alpha value is -3.20. The van der Waals surface area contributed by atoms with Crippen molar-refractivity contribution in [3.05, 3.63) is 51.7 Å². The van der Waals surface area contributed by atoms with E-state index >= 15 is 0 Å². The van der Waals surface area contributed by atoms with E-state index in [0.29, 0.717) is 33.6 Å². The van der Waals surface area contributed by atoms with Crippen molar-refractivity contribution in [2.45, 2.75) is 51.7 Å². The highest BCUT2D eigenvalue weighted by Gasteiger charge is 2.53. The van der Waals surface area contributed by atoms with Crippen molar-refractivity contribution in [1.29, 1.82) is 0 Å². The Morgan fingerprint density at radius 3 is 2.65 bits per heavy atom. The van der Waals surface area contributed by atoms with Gasteiger partial charge in [0.25, 0.3) is 5.91 Å². The number of esters is 1. The summed E-state index contributed by atoms with van der Waals surface area (Å²) in [6.07, 6.45) is 3.20. The normalized spacial score (nSPS) is 24.0. The predicted molar refractivity (Wildman–Crippen MR) is 125 cm³/mol. The Bertz CT molecular complexity index is 1180. The first kappa shape index (κ1) is 22.6. The molecule has 1 saturated carbocycles. The molecule has 178 valence electrons. The number of aryl methyl sites for hydroxylation is 1. The molecule has 0 saturated heterocycles. The third-order valence-electron chi connectivity index (χ3n) is 6.63. The van der Waals surface area contributed by atoms with Crippen molar-refractivity contribution in [2.24, 2.45) is 5.92 Å². The summed E-state index contributed by atoms with van der Waals surface area (Å²) in [4.78, 5) is 45.9. The van der Waals surface area contributed by atoms with Crippen molar-refractivity contribution in [1.82, 2.24) is 4.98 Å². The van der Waals surface area contributed by atoms with E-state index in [2.05, 4.69) is 4.98 Å². The van der Waals surface area contributed by atoms with E-state index in [0.717, 1.165) is 42.6 Å². The lowest BCUT2D eigenvalue weighted by molar-refractivity contribution is -0.131. The van der Waals surface area contributed by atoms with Crippen LogP contribution in [0.4, 0.5) is 5.13 Å². The molecule has 1 aliphatic carbocycles. The van der Waals surface area contributed by atoms with Gasteiger partial charge in [0.15, 0.2) is 16.7 Å². The van der Waals surface area contributed by atoms with Crippen molar-refractivity contribution in [2.75, 3.05) is 18.6 Å². The molecule has 9 heteroatoms. The Morgan fingerprint density at radius 1 is 1.21 bits per heavy atom. The molecule has 0 spiro atoms. The number of ketones is 1. The van der Waals surface area contributed by atoms with Gasteiger partial charge in [-0.2, -0.15) is 0 Å². The number of carbonyl (C=O) groups excluding carboxylic acids is 3. The van der Waals surface area contributed by atoms with E-state index in [4.69, 9.17) is 14.2 Å². The van der Waals surface area contributed by atoms with E-state index in [1.54, 1.807) is 6.92 Å². The van der Waals surface area contributed by atoms with Crippen LogP contribution in [0.2, 0.25) is 0 Å². The van der Waals surface area contributed by atoms with Gasteiger partial charge in [-0.1, -0.05) is 29.9 Å². The lowest BCUT2D eigenvalue weighted by atomic mass is 9.77. The summed E-state index contributed by atoms with van der Waals surface area (Å²) in [7, 11) is 1.30. The molecule has 1 fully saturated rings. The van der Waals surface area contributed by atoms with Crippen LogP contribution in [0.5, 0.6) is 5.75 Å². The number of hydrogen-bond acceptors (Lipinski definition) is 8. The molecule has 3 unspecified atom stereocenters. The summed E-state index contributed by atoms with van der Waals surface area (Å²) < 4.78 is 16.6. The van der Waals surface area contributed by atoms with Gasteiger partial charge in [-0.15, -0.1) is 0 Å². The highest BCUT2D eigenvalue weighted by molar-refractivity contribution is 7.17. The Balaban J connectivity index is 1.62. The van der Waals surface area contributed by atoms with E-state index in [-0.39, 0.29) is 23.6 Å². The molecule has 3 aliphatic rings. The highest BCUT2D eigenvalue weighted by atomic mass is 32.1. The topological polar surface area (TPSA) is 95.0 Å². The van der Waals surface area contributed by atoms with Crippen LogP contribution >= 0.6 is 11.3 Å². The van der Waals surface area contributed by atoms with E-state index < -0.39 is 17.9 Å². The van der Waals surface area contributed by atoms with Gasteiger partial charge in [0.05, 0.1) is 36.9 Å². The van der Waals surface area contributed by atoms with Crippen LogP contribution < -0.4 is 9.64 Å². The molecule has 0 bridgehead atoms. The number of ether oxygens (including phenoxy) is 3. The largest absolute Gasteiger partial charge is 0.494 e. The van der Waals surface area contributed by atoms with Crippen molar-refractivity contribution in [3.63, 3.8) is 0 Å². The van der Waals surface area contributed by atoms with Crippen LogP contribution in [0.1, 0.15) is 59.6 Å². The lowest BCUT2D eigenvalue weighted by Gasteiger charge is -2.35. The molecule has 2 aromatic rings. The molecule has 3 atom stereocenters. The Kier molecular flexibility index (Phi) is 5.89. The number of thiazole rings is 1. The monoisotopic (exact) mass is 482 g/mol. The van der Waals surface area contributed by atoms with Crippen LogP contribution in [0.25, 0.3) is 0 Å². The smallest absolute Gasteiger partial charge is 0.350 e. The van der Waals surface area contributed by atoms with Crippen LogP contribution in [0, 0.1) is 12.8 Å². The molecule has 1 aromatic heterocycles. The molecule has 8 nitrogen and oxygen atoms in total. The van der Waals surface area contributed by atoms with E-state index in [9.17, 15) is 14.4 Å². The Labute approximate surface area is 201 Å². The molecule has 34 heavy (non-hydrogen) atoms. The van der Waals surface area contributed by atoms with Crippen molar-refractivity contribution >= 4 is 34.1 Å². The Morgan fingerprint density at radius 2 is 1.94 bits per heavy atom. The molecular formula is C25H26N2O6S. The van der Waals surface area contributed by atoms with Gasteiger partial charge >= 0.3 is 5.97 Å².